The number of amides is 1. The SMILES string of the molecule is C=CCOC12Oc3ccc(OCCN4CC4)cc3C3C(CCCCO)C(CCCCO)C=C(C(=NOC4CCCCO4)CC1N(Cc1ccc4c(c1)OCO4)C(=O)C1CC1)C32. The average molecular weight is 842 g/mol. The van der Waals surface area contributed by atoms with Gasteiger partial charge in [-0.1, -0.05) is 36.2 Å². The van der Waals surface area contributed by atoms with Gasteiger partial charge in [0.1, 0.15) is 24.1 Å². The molecule has 2 saturated carbocycles. The molecule has 2 aromatic carbocycles. The van der Waals surface area contributed by atoms with Crippen LogP contribution in [0.3, 0.4) is 0 Å². The Morgan fingerprint density at radius 2 is 1.80 bits per heavy atom. The van der Waals surface area contributed by atoms with Crippen molar-refractivity contribution >= 4 is 11.6 Å². The maximum absolute atomic E-state index is 14.9. The first-order valence-electron chi connectivity index (χ1n) is 22.9. The second kappa shape index (κ2) is 19.1. The van der Waals surface area contributed by atoms with Gasteiger partial charge in [-0.3, -0.25) is 9.69 Å². The molecule has 330 valence electrons. The molecule has 1 amide bonds. The highest BCUT2D eigenvalue weighted by molar-refractivity contribution is 6.03. The van der Waals surface area contributed by atoms with Gasteiger partial charge in [0, 0.05) is 69.6 Å². The third-order valence-corrected chi connectivity index (χ3v) is 13.7. The van der Waals surface area contributed by atoms with Crippen molar-refractivity contribution < 1.29 is 48.3 Å². The van der Waals surface area contributed by atoms with E-state index < -0.39 is 24.0 Å². The summed E-state index contributed by atoms with van der Waals surface area (Å²) in [7, 11) is 0. The molecule has 0 aromatic heterocycles. The van der Waals surface area contributed by atoms with E-state index in [1.165, 1.54) is 0 Å². The van der Waals surface area contributed by atoms with Crippen molar-refractivity contribution in [2.45, 2.75) is 108 Å². The first-order valence-corrected chi connectivity index (χ1v) is 22.9. The lowest BCUT2D eigenvalue weighted by Crippen LogP contribution is -2.70. The van der Waals surface area contributed by atoms with E-state index in [0.717, 1.165) is 106 Å². The highest BCUT2D eigenvalue weighted by Crippen LogP contribution is 2.62. The number of hydrogen-bond donors (Lipinski definition) is 2. The van der Waals surface area contributed by atoms with E-state index in [1.54, 1.807) is 6.08 Å². The van der Waals surface area contributed by atoms with Crippen LogP contribution in [0.4, 0.5) is 0 Å². The molecule has 13 nitrogen and oxygen atoms in total. The topological polar surface area (TPSA) is 141 Å². The molecule has 4 heterocycles. The predicted molar refractivity (Wildman–Crippen MR) is 227 cm³/mol. The van der Waals surface area contributed by atoms with E-state index in [1.807, 2.05) is 35.2 Å². The first-order chi connectivity index (χ1) is 30.0. The summed E-state index contributed by atoms with van der Waals surface area (Å²) in [6, 6.07) is 11.4. The molecule has 7 unspecified atom stereocenters. The zero-order chi connectivity index (χ0) is 41.8. The zero-order valence-corrected chi connectivity index (χ0v) is 35.4. The molecule has 0 radical (unpaired) electrons. The Morgan fingerprint density at radius 3 is 2.57 bits per heavy atom. The van der Waals surface area contributed by atoms with Crippen molar-refractivity contribution in [1.29, 1.82) is 0 Å². The second-order valence-corrected chi connectivity index (χ2v) is 17.8. The highest BCUT2D eigenvalue weighted by atomic mass is 16.8. The summed E-state index contributed by atoms with van der Waals surface area (Å²) < 4.78 is 38.6. The van der Waals surface area contributed by atoms with E-state index in [0.29, 0.717) is 56.3 Å². The van der Waals surface area contributed by atoms with Gasteiger partial charge in [-0.2, -0.15) is 0 Å². The van der Waals surface area contributed by atoms with Crippen LogP contribution in [-0.4, -0.2) is 109 Å². The Hall–Kier alpha value is -4.14. The van der Waals surface area contributed by atoms with Crippen molar-refractivity contribution in [1.82, 2.24) is 9.80 Å². The van der Waals surface area contributed by atoms with Gasteiger partial charge < -0.3 is 48.4 Å². The highest BCUT2D eigenvalue weighted by Gasteiger charge is 2.66. The summed E-state index contributed by atoms with van der Waals surface area (Å²) >= 11 is 0. The minimum absolute atomic E-state index is 0.0610. The van der Waals surface area contributed by atoms with Crippen LogP contribution in [0.15, 0.2) is 65.9 Å². The van der Waals surface area contributed by atoms with E-state index in [9.17, 15) is 15.0 Å². The Balaban J connectivity index is 1.21. The monoisotopic (exact) mass is 841 g/mol. The molecule has 0 bridgehead atoms. The average Bonchev–Trinajstić information content (AvgIpc) is 4.24. The Kier molecular flexibility index (Phi) is 13.2. The number of nitrogens with zero attached hydrogens (tertiary/aromatic N) is 3. The normalized spacial score (nSPS) is 29.2. The molecular weight excluding hydrogens is 779 g/mol. The Labute approximate surface area is 359 Å². The fourth-order valence-corrected chi connectivity index (χ4v) is 10.4. The molecular formula is C48H63N3O10. The first kappa shape index (κ1) is 42.2. The smallest absolute Gasteiger partial charge is 0.239 e. The van der Waals surface area contributed by atoms with Crippen molar-refractivity contribution in [2.24, 2.45) is 28.8 Å². The molecule has 13 heteroatoms. The van der Waals surface area contributed by atoms with E-state index in [-0.39, 0.29) is 56.2 Å². The number of carbonyl (C=O) groups excluding carboxylic acids is 1. The third-order valence-electron chi connectivity index (χ3n) is 13.7. The van der Waals surface area contributed by atoms with Gasteiger partial charge in [0.05, 0.1) is 24.8 Å². The van der Waals surface area contributed by atoms with Crippen LogP contribution in [0.2, 0.25) is 0 Å². The fourth-order valence-electron chi connectivity index (χ4n) is 10.4. The number of fused-ring (bicyclic) bond motifs is 3. The largest absolute Gasteiger partial charge is 0.492 e. The van der Waals surface area contributed by atoms with Crippen LogP contribution in [0, 0.1) is 23.7 Å². The molecule has 4 aliphatic heterocycles. The molecule has 7 aliphatic rings. The van der Waals surface area contributed by atoms with Crippen LogP contribution >= 0.6 is 0 Å². The zero-order valence-electron chi connectivity index (χ0n) is 35.4. The third kappa shape index (κ3) is 9.18. The van der Waals surface area contributed by atoms with E-state index in [2.05, 4.69) is 23.6 Å². The lowest BCUT2D eigenvalue weighted by atomic mass is 9.55. The molecule has 2 saturated heterocycles. The fraction of sp³-hybridized carbons (Fsp3) is 0.625. The molecule has 2 N–H and O–H groups in total. The maximum Gasteiger partial charge on any atom is 0.239 e. The van der Waals surface area contributed by atoms with Crippen LogP contribution in [0.25, 0.3) is 0 Å². The molecule has 7 atom stereocenters. The van der Waals surface area contributed by atoms with Crippen LogP contribution in [0.5, 0.6) is 23.0 Å². The van der Waals surface area contributed by atoms with Gasteiger partial charge in [-0.15, -0.1) is 6.58 Å². The summed E-state index contributed by atoms with van der Waals surface area (Å²) in [4.78, 5) is 25.6. The quantitative estimate of drug-likeness (QED) is 0.0600. The molecule has 0 spiro atoms. The standard InChI is InChI=1S/C48H63N3O10/c1-2-23-59-48-43(51(47(54)33-13-14-33)30-32-12-16-41-42(26-32)58-31-57-41)29-39(49-61-44-11-5-8-24-56-44)37-27-34(9-3-6-21-52)36(10-4-7-22-53)45(46(37)48)38-28-35(15-17-40(38)60-48)55-25-20-50-18-19-50/h2,12,15-17,26-28,33-34,36,43-46,52-53H,1,3-11,13-14,18-25,29-31H2. The van der Waals surface area contributed by atoms with Crippen LogP contribution in [-0.2, 0) is 25.7 Å². The van der Waals surface area contributed by atoms with Crippen LogP contribution in [0.1, 0.15) is 94.1 Å². The molecule has 4 fully saturated rings. The summed E-state index contributed by atoms with van der Waals surface area (Å²) in [6.45, 7) is 9.31. The van der Waals surface area contributed by atoms with Gasteiger partial charge >= 0.3 is 0 Å². The lowest BCUT2D eigenvalue weighted by molar-refractivity contribution is -0.258. The van der Waals surface area contributed by atoms with Crippen molar-refractivity contribution in [3.05, 3.63) is 71.8 Å². The maximum atomic E-state index is 14.9. The number of benzene rings is 2. The van der Waals surface area contributed by atoms with Gasteiger partial charge in [0.15, 0.2) is 11.5 Å². The number of unbranched alkanes of at least 4 members (excludes halogenated alkanes) is 2. The number of allylic oxidation sites excluding steroid dienone is 1. The van der Waals surface area contributed by atoms with Crippen molar-refractivity contribution in [3.8, 4) is 23.0 Å². The Bertz CT molecular complexity index is 1920. The van der Waals surface area contributed by atoms with Gasteiger partial charge in [-0.25, -0.2) is 0 Å². The van der Waals surface area contributed by atoms with Crippen molar-refractivity contribution in [2.75, 3.05) is 59.5 Å². The lowest BCUT2D eigenvalue weighted by Gasteiger charge is -2.60. The summed E-state index contributed by atoms with van der Waals surface area (Å²) in [5.41, 5.74) is 3.74. The van der Waals surface area contributed by atoms with Gasteiger partial charge in [0.2, 0.25) is 24.8 Å². The number of oxime groups is 1. The number of hydrogen-bond acceptors (Lipinski definition) is 12. The minimum Gasteiger partial charge on any atom is -0.492 e. The number of aliphatic hydroxyl groups excluding tert-OH is 2. The number of ether oxygens (including phenoxy) is 6. The Morgan fingerprint density at radius 1 is 0.984 bits per heavy atom. The van der Waals surface area contributed by atoms with Gasteiger partial charge in [0.25, 0.3) is 0 Å². The molecule has 61 heavy (non-hydrogen) atoms. The predicted octanol–water partition coefficient (Wildman–Crippen LogP) is 6.71. The van der Waals surface area contributed by atoms with E-state index in [4.69, 9.17) is 38.4 Å². The summed E-state index contributed by atoms with van der Waals surface area (Å²) in [5.74, 6) is 1.18. The van der Waals surface area contributed by atoms with Crippen molar-refractivity contribution in [3.63, 3.8) is 0 Å². The molecule has 2 aromatic rings. The van der Waals surface area contributed by atoms with Crippen LogP contribution < -0.4 is 18.9 Å². The number of rotatable bonds is 21. The van der Waals surface area contributed by atoms with Gasteiger partial charge in [-0.05, 0) is 105 Å². The minimum atomic E-state index is -1.34. The molecule has 3 aliphatic carbocycles. The van der Waals surface area contributed by atoms with E-state index >= 15 is 0 Å². The summed E-state index contributed by atoms with van der Waals surface area (Å²) in [6.07, 6.45) is 13.3. The second-order valence-electron chi connectivity index (χ2n) is 17.8. The number of aliphatic hydroxyl groups is 2. The summed E-state index contributed by atoms with van der Waals surface area (Å²) in [5, 5.41) is 25.0. The molecule has 9 rings (SSSR count). The number of carbonyl (C=O) groups is 1.